The van der Waals surface area contributed by atoms with Crippen molar-refractivity contribution in [3.63, 3.8) is 0 Å². The number of benzene rings is 3. The molecule has 1 N–H and O–H groups in total. The second-order valence-electron chi connectivity index (χ2n) is 8.61. The van der Waals surface area contributed by atoms with Crippen molar-refractivity contribution < 1.29 is 9.53 Å². The highest BCUT2D eigenvalue weighted by molar-refractivity contribution is 9.10. The molecule has 5 nitrogen and oxygen atoms in total. The van der Waals surface area contributed by atoms with Gasteiger partial charge < -0.3 is 14.6 Å². The van der Waals surface area contributed by atoms with Crippen molar-refractivity contribution in [3.8, 4) is 5.75 Å². The summed E-state index contributed by atoms with van der Waals surface area (Å²) >= 11 is 3.41. The molecule has 3 aromatic carbocycles. The number of aryl methyl sites for hydroxylation is 2. The number of nitrogens with zero attached hydrogens (tertiary/aromatic N) is 2. The molecule has 6 heteroatoms. The molecule has 1 heterocycles. The van der Waals surface area contributed by atoms with E-state index in [9.17, 15) is 4.79 Å². The van der Waals surface area contributed by atoms with E-state index < -0.39 is 0 Å². The first-order valence-corrected chi connectivity index (χ1v) is 13.2. The highest BCUT2D eigenvalue weighted by Crippen LogP contribution is 2.19. The largest absolute Gasteiger partial charge is 0.494 e. The van der Waals surface area contributed by atoms with Crippen LogP contribution in [0.2, 0.25) is 0 Å². The normalized spacial score (nSPS) is 11.0. The van der Waals surface area contributed by atoms with E-state index in [2.05, 4.69) is 44.0 Å². The first-order valence-electron chi connectivity index (χ1n) is 12.4. The van der Waals surface area contributed by atoms with Gasteiger partial charge in [-0.2, -0.15) is 0 Å². The van der Waals surface area contributed by atoms with Gasteiger partial charge in [0, 0.05) is 29.5 Å². The van der Waals surface area contributed by atoms with Gasteiger partial charge in [-0.05, 0) is 68.1 Å². The van der Waals surface area contributed by atoms with Crippen molar-refractivity contribution >= 4 is 32.9 Å². The average Bonchev–Trinajstić information content (AvgIpc) is 3.23. The fourth-order valence-electron chi connectivity index (χ4n) is 4.16. The van der Waals surface area contributed by atoms with Gasteiger partial charge in [0.25, 0.3) is 5.91 Å². The van der Waals surface area contributed by atoms with Crippen molar-refractivity contribution in [1.29, 1.82) is 0 Å². The van der Waals surface area contributed by atoms with Crippen LogP contribution in [-0.2, 0) is 13.0 Å². The van der Waals surface area contributed by atoms with Crippen molar-refractivity contribution in [2.24, 2.45) is 0 Å². The molecule has 0 atom stereocenters. The number of unbranched alkanes of at least 4 members (excludes halogenated alkanes) is 3. The van der Waals surface area contributed by atoms with Gasteiger partial charge in [0.1, 0.15) is 11.6 Å². The average molecular weight is 534 g/mol. The van der Waals surface area contributed by atoms with Crippen molar-refractivity contribution in [2.45, 2.75) is 45.1 Å². The lowest BCUT2D eigenvalue weighted by atomic mass is 10.1. The highest BCUT2D eigenvalue weighted by atomic mass is 79.9. The number of rotatable bonds is 13. The van der Waals surface area contributed by atoms with E-state index >= 15 is 0 Å². The zero-order valence-electron chi connectivity index (χ0n) is 20.0. The van der Waals surface area contributed by atoms with Crippen LogP contribution in [-0.4, -0.2) is 28.6 Å². The maximum atomic E-state index is 12.3. The molecule has 0 spiro atoms. The summed E-state index contributed by atoms with van der Waals surface area (Å²) in [4.78, 5) is 17.2. The topological polar surface area (TPSA) is 56.2 Å². The lowest BCUT2D eigenvalue weighted by molar-refractivity contribution is 0.0953. The van der Waals surface area contributed by atoms with Crippen molar-refractivity contribution in [2.75, 3.05) is 13.2 Å². The SMILES string of the molecule is O=C(NCCCCCc1nc2ccccc2n1CCCCOc1ccccc1)c1cccc(Br)c1. The fraction of sp³-hybridized carbons (Fsp3) is 0.310. The Bertz CT molecular complexity index is 1220. The summed E-state index contributed by atoms with van der Waals surface area (Å²) in [5.74, 6) is 2.05. The smallest absolute Gasteiger partial charge is 0.251 e. The third-order valence-corrected chi connectivity index (χ3v) is 6.46. The van der Waals surface area contributed by atoms with Crippen LogP contribution in [0.15, 0.2) is 83.3 Å². The molecule has 4 aromatic rings. The van der Waals surface area contributed by atoms with Crippen LogP contribution < -0.4 is 10.1 Å². The van der Waals surface area contributed by atoms with E-state index in [0.29, 0.717) is 12.1 Å². The van der Waals surface area contributed by atoms with Gasteiger partial charge in [0.15, 0.2) is 0 Å². The van der Waals surface area contributed by atoms with Crippen molar-refractivity contribution in [3.05, 3.63) is 94.7 Å². The van der Waals surface area contributed by atoms with Crippen LogP contribution >= 0.6 is 15.9 Å². The summed E-state index contributed by atoms with van der Waals surface area (Å²) in [6.07, 6.45) is 6.03. The van der Waals surface area contributed by atoms with Gasteiger partial charge in [0.2, 0.25) is 0 Å². The summed E-state index contributed by atoms with van der Waals surface area (Å²) in [6.45, 7) is 2.34. The van der Waals surface area contributed by atoms with Gasteiger partial charge in [-0.1, -0.05) is 58.7 Å². The van der Waals surface area contributed by atoms with Gasteiger partial charge in [-0.15, -0.1) is 0 Å². The van der Waals surface area contributed by atoms with Crippen LogP contribution in [0.1, 0.15) is 48.3 Å². The number of ether oxygens (including phenoxy) is 1. The molecule has 0 saturated heterocycles. The molecule has 35 heavy (non-hydrogen) atoms. The van der Waals surface area contributed by atoms with Crippen molar-refractivity contribution in [1.82, 2.24) is 14.9 Å². The number of aromatic nitrogens is 2. The minimum absolute atomic E-state index is 0.0238. The number of hydrogen-bond acceptors (Lipinski definition) is 3. The lowest BCUT2D eigenvalue weighted by Crippen LogP contribution is -2.24. The third-order valence-electron chi connectivity index (χ3n) is 5.97. The number of nitrogens with one attached hydrogen (secondary N) is 1. The Kier molecular flexibility index (Phi) is 9.35. The number of imidazole rings is 1. The molecule has 182 valence electrons. The molecule has 0 saturated carbocycles. The van der Waals surface area contributed by atoms with E-state index in [-0.39, 0.29) is 5.91 Å². The number of carbonyl (C=O) groups is 1. The molecule has 0 unspecified atom stereocenters. The lowest BCUT2D eigenvalue weighted by Gasteiger charge is -2.10. The highest BCUT2D eigenvalue weighted by Gasteiger charge is 2.10. The molecular weight excluding hydrogens is 502 g/mol. The van der Waals surface area contributed by atoms with Crippen LogP contribution in [0.3, 0.4) is 0 Å². The minimum atomic E-state index is -0.0238. The van der Waals surface area contributed by atoms with Gasteiger partial charge >= 0.3 is 0 Å². The summed E-state index contributed by atoms with van der Waals surface area (Å²) < 4.78 is 9.12. The molecular formula is C29H32BrN3O2. The molecule has 1 aromatic heterocycles. The van der Waals surface area contributed by atoms with E-state index in [1.165, 1.54) is 5.52 Å². The molecule has 0 aliphatic heterocycles. The van der Waals surface area contributed by atoms with E-state index in [4.69, 9.17) is 9.72 Å². The predicted molar refractivity (Wildman–Crippen MR) is 145 cm³/mol. The van der Waals surface area contributed by atoms with E-state index in [1.54, 1.807) is 0 Å². The Balaban J connectivity index is 1.21. The van der Waals surface area contributed by atoms with E-state index in [1.807, 2.05) is 60.7 Å². The number of hydrogen-bond donors (Lipinski definition) is 1. The monoisotopic (exact) mass is 533 g/mol. The van der Waals surface area contributed by atoms with Gasteiger partial charge in [0.05, 0.1) is 17.6 Å². The first kappa shape index (κ1) is 25.0. The predicted octanol–water partition coefficient (Wildman–Crippen LogP) is 6.80. The Morgan fingerprint density at radius 1 is 0.886 bits per heavy atom. The fourth-order valence-corrected chi connectivity index (χ4v) is 4.56. The first-order chi connectivity index (χ1) is 17.2. The van der Waals surface area contributed by atoms with Crippen LogP contribution in [0, 0.1) is 0 Å². The maximum Gasteiger partial charge on any atom is 0.251 e. The summed E-state index contributed by atoms with van der Waals surface area (Å²) in [5.41, 5.74) is 2.94. The molecule has 4 rings (SSSR count). The number of carbonyl (C=O) groups excluding carboxylic acids is 1. The number of amides is 1. The Morgan fingerprint density at radius 3 is 2.57 bits per heavy atom. The van der Waals surface area contributed by atoms with Crippen LogP contribution in [0.25, 0.3) is 11.0 Å². The second kappa shape index (κ2) is 13.1. The van der Waals surface area contributed by atoms with Crippen LogP contribution in [0.4, 0.5) is 0 Å². The summed E-state index contributed by atoms with van der Waals surface area (Å²) in [6, 6.07) is 25.8. The van der Waals surface area contributed by atoms with Crippen LogP contribution in [0.5, 0.6) is 5.75 Å². The molecule has 0 aliphatic rings. The number of halogens is 1. The Labute approximate surface area is 215 Å². The minimum Gasteiger partial charge on any atom is -0.494 e. The molecule has 0 aliphatic carbocycles. The molecule has 0 radical (unpaired) electrons. The maximum absolute atomic E-state index is 12.3. The second-order valence-corrected chi connectivity index (χ2v) is 9.53. The van der Waals surface area contributed by atoms with Gasteiger partial charge in [-0.3, -0.25) is 4.79 Å². The molecule has 0 fully saturated rings. The third kappa shape index (κ3) is 7.43. The summed E-state index contributed by atoms with van der Waals surface area (Å²) in [5, 5.41) is 3.02. The Hall–Kier alpha value is -3.12. The molecule has 0 bridgehead atoms. The zero-order valence-corrected chi connectivity index (χ0v) is 21.5. The quantitative estimate of drug-likeness (QED) is 0.192. The van der Waals surface area contributed by atoms with E-state index in [0.717, 1.165) is 73.2 Å². The Morgan fingerprint density at radius 2 is 1.71 bits per heavy atom. The number of para-hydroxylation sites is 3. The van der Waals surface area contributed by atoms with Gasteiger partial charge in [-0.25, -0.2) is 4.98 Å². The zero-order chi connectivity index (χ0) is 24.3. The number of fused-ring (bicyclic) bond motifs is 1. The summed E-state index contributed by atoms with van der Waals surface area (Å²) in [7, 11) is 0. The molecule has 1 amide bonds. The standard InChI is InChI=1S/C29H32BrN3O2/c30-24-13-11-12-23(22-24)29(34)31-19-8-2-5-18-28-32-26-16-6-7-17-27(26)33(28)20-9-10-21-35-25-14-3-1-4-15-25/h1,3-4,6-7,11-17,22H,2,5,8-10,18-21H2,(H,31,34).